The lowest BCUT2D eigenvalue weighted by molar-refractivity contribution is 0.0785. The maximum absolute atomic E-state index is 13.1. The van der Waals surface area contributed by atoms with Gasteiger partial charge in [0.05, 0.1) is 34.5 Å². The van der Waals surface area contributed by atoms with Crippen LogP contribution < -0.4 is 9.46 Å². The van der Waals surface area contributed by atoms with Crippen molar-refractivity contribution in [2.45, 2.75) is 18.4 Å². The number of hydrogen-bond acceptors (Lipinski definition) is 6. The lowest BCUT2D eigenvalue weighted by Crippen LogP contribution is -2.26. The number of anilines is 1. The molecule has 0 saturated carbocycles. The minimum Gasteiger partial charge on any atom is -0.495 e. The monoisotopic (exact) mass is 481 g/mol. The van der Waals surface area contributed by atoms with Crippen molar-refractivity contribution in [1.82, 2.24) is 9.88 Å². The first-order valence-corrected chi connectivity index (χ1v) is 12.4. The van der Waals surface area contributed by atoms with Gasteiger partial charge in [-0.2, -0.15) is 0 Å². The Labute approximate surface area is 196 Å². The van der Waals surface area contributed by atoms with Gasteiger partial charge in [0.25, 0.3) is 15.9 Å². The molecule has 9 heteroatoms. The van der Waals surface area contributed by atoms with Crippen molar-refractivity contribution in [1.29, 1.82) is 0 Å². The van der Waals surface area contributed by atoms with Crippen LogP contribution >= 0.6 is 11.3 Å². The minimum absolute atomic E-state index is 0.0349. The van der Waals surface area contributed by atoms with Gasteiger partial charge in [-0.3, -0.25) is 9.52 Å². The first-order valence-electron chi connectivity index (χ1n) is 10.1. The highest BCUT2D eigenvalue weighted by Crippen LogP contribution is 2.28. The van der Waals surface area contributed by atoms with Crippen molar-refractivity contribution in [3.8, 4) is 5.75 Å². The zero-order chi connectivity index (χ0) is 23.6. The Hall–Kier alpha value is -3.43. The summed E-state index contributed by atoms with van der Waals surface area (Å²) in [5, 5.41) is 0.810. The summed E-state index contributed by atoms with van der Waals surface area (Å²) in [6.07, 6.45) is 0. The Bertz CT molecular complexity index is 1400. The van der Waals surface area contributed by atoms with E-state index in [0.29, 0.717) is 23.5 Å². The second-order valence-corrected chi connectivity index (χ2v) is 10.3. The quantitative estimate of drug-likeness (QED) is 0.414. The van der Waals surface area contributed by atoms with Gasteiger partial charge in [-0.25, -0.2) is 13.4 Å². The summed E-state index contributed by atoms with van der Waals surface area (Å²) in [5.74, 6) is 0.115. The molecule has 0 spiro atoms. The molecule has 0 fully saturated rings. The molecule has 4 rings (SSSR count). The molecule has 1 aromatic heterocycles. The predicted molar refractivity (Wildman–Crippen MR) is 130 cm³/mol. The number of benzene rings is 3. The number of sulfonamides is 1. The number of rotatable bonds is 7. The summed E-state index contributed by atoms with van der Waals surface area (Å²) >= 11 is 1.53. The molecule has 0 saturated heterocycles. The molecule has 33 heavy (non-hydrogen) atoms. The van der Waals surface area contributed by atoms with Crippen molar-refractivity contribution < 1.29 is 17.9 Å². The highest BCUT2D eigenvalue weighted by Gasteiger charge is 2.22. The molecule has 3 aromatic carbocycles. The third-order valence-electron chi connectivity index (χ3n) is 5.13. The number of thiazole rings is 1. The number of para-hydroxylation sites is 3. The lowest BCUT2D eigenvalue weighted by atomic mass is 10.1. The molecule has 0 aliphatic rings. The average molecular weight is 482 g/mol. The molecule has 0 unspecified atom stereocenters. The molecule has 1 heterocycles. The second-order valence-electron chi connectivity index (χ2n) is 7.52. The van der Waals surface area contributed by atoms with Crippen LogP contribution in [-0.2, 0) is 16.6 Å². The molecular formula is C24H23N3O4S2. The molecular weight excluding hydrogens is 458 g/mol. The van der Waals surface area contributed by atoms with Gasteiger partial charge in [0, 0.05) is 12.6 Å². The number of carbonyl (C=O) groups is 1. The first-order chi connectivity index (χ1) is 15.8. The number of nitrogens with zero attached hydrogens (tertiary/aromatic N) is 2. The number of methoxy groups -OCH3 is 1. The number of fused-ring (bicyclic) bond motifs is 1. The number of nitrogens with one attached hydrogen (secondary N) is 1. The zero-order valence-electron chi connectivity index (χ0n) is 18.4. The second kappa shape index (κ2) is 9.21. The van der Waals surface area contributed by atoms with Gasteiger partial charge >= 0.3 is 0 Å². The van der Waals surface area contributed by atoms with Crippen LogP contribution in [0.1, 0.15) is 20.9 Å². The van der Waals surface area contributed by atoms with E-state index in [1.165, 1.54) is 29.4 Å². The van der Waals surface area contributed by atoms with Gasteiger partial charge in [-0.05, 0) is 48.9 Å². The first kappa shape index (κ1) is 22.8. The Morgan fingerprint density at radius 1 is 1.09 bits per heavy atom. The maximum Gasteiger partial charge on any atom is 0.262 e. The van der Waals surface area contributed by atoms with Gasteiger partial charge in [0.2, 0.25) is 0 Å². The predicted octanol–water partition coefficient (Wildman–Crippen LogP) is 4.69. The third kappa shape index (κ3) is 4.84. The maximum atomic E-state index is 13.1. The Morgan fingerprint density at radius 3 is 2.58 bits per heavy atom. The fourth-order valence-corrected chi connectivity index (χ4v) is 5.80. The van der Waals surface area contributed by atoms with Crippen molar-refractivity contribution in [2.24, 2.45) is 0 Å². The van der Waals surface area contributed by atoms with Gasteiger partial charge in [0.15, 0.2) is 0 Å². The summed E-state index contributed by atoms with van der Waals surface area (Å²) in [7, 11) is -0.798. The van der Waals surface area contributed by atoms with Crippen LogP contribution in [0.5, 0.6) is 5.75 Å². The molecule has 0 bridgehead atoms. The van der Waals surface area contributed by atoms with E-state index in [9.17, 15) is 13.2 Å². The van der Waals surface area contributed by atoms with Crippen LogP contribution in [0.25, 0.3) is 10.2 Å². The smallest absolute Gasteiger partial charge is 0.262 e. The average Bonchev–Trinajstić information content (AvgIpc) is 3.21. The van der Waals surface area contributed by atoms with Crippen LogP contribution in [0.15, 0.2) is 71.6 Å². The fourth-order valence-electron chi connectivity index (χ4n) is 3.43. The molecule has 7 nitrogen and oxygen atoms in total. The van der Waals surface area contributed by atoms with Gasteiger partial charge in [0.1, 0.15) is 10.8 Å². The molecule has 170 valence electrons. The number of aryl methyl sites for hydroxylation is 1. The molecule has 0 atom stereocenters. The summed E-state index contributed by atoms with van der Waals surface area (Å²) in [4.78, 5) is 19.2. The van der Waals surface area contributed by atoms with Crippen LogP contribution in [0.2, 0.25) is 0 Å². The highest BCUT2D eigenvalue weighted by atomic mass is 32.2. The molecule has 1 amide bonds. The van der Waals surface area contributed by atoms with E-state index >= 15 is 0 Å². The lowest BCUT2D eigenvalue weighted by Gasteiger charge is -2.17. The molecule has 0 aliphatic carbocycles. The van der Waals surface area contributed by atoms with Crippen molar-refractivity contribution in [3.05, 3.63) is 82.9 Å². The van der Waals surface area contributed by atoms with E-state index in [2.05, 4.69) is 9.71 Å². The zero-order valence-corrected chi connectivity index (χ0v) is 20.0. The molecule has 4 aromatic rings. The SMILES string of the molecule is COc1ccccc1NS(=O)(=O)c1cc(C(=O)N(C)Cc2nc3ccccc3s2)ccc1C. The topological polar surface area (TPSA) is 88.6 Å². The Kier molecular flexibility index (Phi) is 6.35. The van der Waals surface area contributed by atoms with Crippen molar-refractivity contribution in [2.75, 3.05) is 18.9 Å². The normalized spacial score (nSPS) is 11.4. The number of amides is 1. The van der Waals surface area contributed by atoms with Gasteiger partial charge in [-0.1, -0.05) is 30.3 Å². The van der Waals surface area contributed by atoms with E-state index < -0.39 is 10.0 Å². The summed E-state index contributed by atoms with van der Waals surface area (Å²) in [5.41, 5.74) is 2.03. The van der Waals surface area contributed by atoms with Crippen LogP contribution in [0.4, 0.5) is 5.69 Å². The largest absolute Gasteiger partial charge is 0.495 e. The van der Waals surface area contributed by atoms with Crippen LogP contribution in [0.3, 0.4) is 0 Å². The third-order valence-corrected chi connectivity index (χ3v) is 7.66. The van der Waals surface area contributed by atoms with Gasteiger partial charge < -0.3 is 9.64 Å². The van der Waals surface area contributed by atoms with Crippen molar-refractivity contribution in [3.63, 3.8) is 0 Å². The number of hydrogen-bond donors (Lipinski definition) is 1. The van der Waals surface area contributed by atoms with E-state index in [4.69, 9.17) is 4.74 Å². The molecule has 0 radical (unpaired) electrons. The standard InChI is InChI=1S/C24H23N3O4S2/c1-16-12-13-17(14-22(16)33(29,30)26-18-8-4-6-10-20(18)31-3)24(28)27(2)15-23-25-19-9-5-7-11-21(19)32-23/h4-14,26H,15H2,1-3H3. The number of aromatic nitrogens is 1. The summed E-state index contributed by atoms with van der Waals surface area (Å²) in [6.45, 7) is 2.02. The fraction of sp³-hybridized carbons (Fsp3) is 0.167. The highest BCUT2D eigenvalue weighted by molar-refractivity contribution is 7.92. The Morgan fingerprint density at radius 2 is 1.82 bits per heavy atom. The summed E-state index contributed by atoms with van der Waals surface area (Å²) < 4.78 is 35.1. The van der Waals surface area contributed by atoms with Crippen LogP contribution in [-0.4, -0.2) is 38.4 Å². The van der Waals surface area contributed by atoms with E-state index in [1.807, 2.05) is 24.3 Å². The van der Waals surface area contributed by atoms with Crippen molar-refractivity contribution >= 4 is 43.2 Å². The number of ether oxygens (including phenoxy) is 1. The van der Waals surface area contributed by atoms with Gasteiger partial charge in [-0.15, -0.1) is 11.3 Å². The summed E-state index contributed by atoms with van der Waals surface area (Å²) in [6, 6.07) is 19.2. The van der Waals surface area contributed by atoms with Crippen LogP contribution in [0, 0.1) is 6.92 Å². The molecule has 1 N–H and O–H groups in total. The minimum atomic E-state index is -3.95. The number of carbonyl (C=O) groups excluding carboxylic acids is 1. The molecule has 0 aliphatic heterocycles. The van der Waals surface area contributed by atoms with E-state index in [-0.39, 0.29) is 16.4 Å². The van der Waals surface area contributed by atoms with E-state index in [1.54, 1.807) is 50.4 Å². The Balaban J connectivity index is 1.58. The van der Waals surface area contributed by atoms with E-state index in [0.717, 1.165) is 15.2 Å².